The van der Waals surface area contributed by atoms with Crippen LogP contribution in [-0.2, 0) is 4.74 Å². The maximum atomic E-state index is 5.48. The molecule has 2 aliphatic heterocycles. The second-order valence-electron chi connectivity index (χ2n) is 7.67. The number of hydrogen-bond acceptors (Lipinski definition) is 7. The van der Waals surface area contributed by atoms with E-state index in [1.807, 2.05) is 26.4 Å². The maximum absolute atomic E-state index is 5.48. The van der Waals surface area contributed by atoms with Crippen molar-refractivity contribution >= 4 is 23.1 Å². The number of rotatable bonds is 5. The molecular formula is C21H30N6O. The van der Waals surface area contributed by atoms with E-state index in [0.29, 0.717) is 12.0 Å². The van der Waals surface area contributed by atoms with Gasteiger partial charge in [0.2, 0.25) is 5.95 Å². The molecule has 2 aromatic rings. The molecule has 28 heavy (non-hydrogen) atoms. The second kappa shape index (κ2) is 8.75. The SMILES string of the molecule is CN(C)c1ccc(Nc2nccc(N3CCC(N4CCOCC4)CC3)n2)cc1. The van der Waals surface area contributed by atoms with E-state index in [-0.39, 0.29) is 0 Å². The van der Waals surface area contributed by atoms with Crippen molar-refractivity contribution in [1.29, 1.82) is 0 Å². The summed E-state index contributed by atoms with van der Waals surface area (Å²) in [4.78, 5) is 16.2. The molecule has 0 radical (unpaired) electrons. The molecule has 0 spiro atoms. The van der Waals surface area contributed by atoms with Crippen molar-refractivity contribution in [1.82, 2.24) is 14.9 Å². The Labute approximate surface area is 167 Å². The van der Waals surface area contributed by atoms with Gasteiger partial charge in [0.15, 0.2) is 0 Å². The quantitative estimate of drug-likeness (QED) is 0.853. The topological polar surface area (TPSA) is 56.8 Å². The van der Waals surface area contributed by atoms with E-state index in [2.05, 4.69) is 49.3 Å². The summed E-state index contributed by atoms with van der Waals surface area (Å²) < 4.78 is 5.48. The number of hydrogen-bond donors (Lipinski definition) is 1. The lowest BCUT2D eigenvalue weighted by Gasteiger charge is -2.40. The van der Waals surface area contributed by atoms with Crippen molar-refractivity contribution in [3.05, 3.63) is 36.5 Å². The van der Waals surface area contributed by atoms with Crippen molar-refractivity contribution < 1.29 is 4.74 Å². The highest BCUT2D eigenvalue weighted by molar-refractivity contribution is 5.59. The maximum Gasteiger partial charge on any atom is 0.229 e. The van der Waals surface area contributed by atoms with Gasteiger partial charge in [0.05, 0.1) is 13.2 Å². The third-order valence-electron chi connectivity index (χ3n) is 5.63. The van der Waals surface area contributed by atoms with Gasteiger partial charge >= 0.3 is 0 Å². The van der Waals surface area contributed by atoms with Crippen molar-refractivity contribution in [2.75, 3.05) is 68.6 Å². The zero-order chi connectivity index (χ0) is 19.3. The molecule has 2 aliphatic rings. The van der Waals surface area contributed by atoms with Crippen LogP contribution in [0.5, 0.6) is 0 Å². The Morgan fingerprint density at radius 1 is 1.00 bits per heavy atom. The molecular weight excluding hydrogens is 352 g/mol. The molecule has 1 N–H and O–H groups in total. The number of morpholine rings is 1. The first-order valence-electron chi connectivity index (χ1n) is 10.1. The van der Waals surface area contributed by atoms with Gasteiger partial charge < -0.3 is 19.9 Å². The Morgan fingerprint density at radius 3 is 2.39 bits per heavy atom. The van der Waals surface area contributed by atoms with E-state index >= 15 is 0 Å². The van der Waals surface area contributed by atoms with Crippen LogP contribution in [0.25, 0.3) is 0 Å². The van der Waals surface area contributed by atoms with Crippen LogP contribution in [-0.4, -0.2) is 74.4 Å². The molecule has 1 aromatic heterocycles. The first-order valence-corrected chi connectivity index (χ1v) is 10.1. The Hall–Kier alpha value is -2.38. The number of anilines is 4. The molecule has 7 nitrogen and oxygen atoms in total. The summed E-state index contributed by atoms with van der Waals surface area (Å²) in [5.41, 5.74) is 2.16. The Bertz CT molecular complexity index is 752. The molecule has 0 atom stereocenters. The van der Waals surface area contributed by atoms with Gasteiger partial charge in [-0.05, 0) is 43.2 Å². The number of benzene rings is 1. The number of nitrogens with zero attached hydrogens (tertiary/aromatic N) is 5. The van der Waals surface area contributed by atoms with Crippen LogP contribution in [0.3, 0.4) is 0 Å². The highest BCUT2D eigenvalue weighted by Gasteiger charge is 2.26. The number of aromatic nitrogens is 2. The fourth-order valence-electron chi connectivity index (χ4n) is 3.96. The fraction of sp³-hybridized carbons (Fsp3) is 0.524. The monoisotopic (exact) mass is 382 g/mol. The predicted molar refractivity (Wildman–Crippen MR) is 114 cm³/mol. The molecule has 2 fully saturated rings. The molecule has 4 rings (SSSR count). The molecule has 1 aromatic carbocycles. The van der Waals surface area contributed by atoms with E-state index in [1.165, 1.54) is 18.5 Å². The average Bonchev–Trinajstić information content (AvgIpc) is 2.75. The number of piperidine rings is 1. The van der Waals surface area contributed by atoms with E-state index in [0.717, 1.165) is 50.9 Å². The normalized spacial score (nSPS) is 18.9. The largest absolute Gasteiger partial charge is 0.379 e. The summed E-state index contributed by atoms with van der Waals surface area (Å²) >= 11 is 0. The van der Waals surface area contributed by atoms with Crippen LogP contribution in [0.2, 0.25) is 0 Å². The van der Waals surface area contributed by atoms with Gasteiger partial charge in [-0.15, -0.1) is 0 Å². The van der Waals surface area contributed by atoms with Crippen molar-refractivity contribution in [3.63, 3.8) is 0 Å². The summed E-state index contributed by atoms with van der Waals surface area (Å²) in [7, 11) is 4.08. The third-order valence-corrected chi connectivity index (χ3v) is 5.63. The van der Waals surface area contributed by atoms with Crippen LogP contribution in [0.15, 0.2) is 36.5 Å². The van der Waals surface area contributed by atoms with Gasteiger partial charge in [-0.2, -0.15) is 4.98 Å². The molecule has 0 bridgehead atoms. The van der Waals surface area contributed by atoms with Crippen LogP contribution >= 0.6 is 0 Å². The lowest BCUT2D eigenvalue weighted by Crippen LogP contribution is -2.49. The molecule has 2 saturated heterocycles. The lowest BCUT2D eigenvalue weighted by atomic mass is 10.0. The van der Waals surface area contributed by atoms with Crippen LogP contribution in [0.4, 0.5) is 23.1 Å². The minimum Gasteiger partial charge on any atom is -0.379 e. The Morgan fingerprint density at radius 2 is 1.71 bits per heavy atom. The number of nitrogens with one attached hydrogen (secondary N) is 1. The molecule has 0 amide bonds. The zero-order valence-corrected chi connectivity index (χ0v) is 16.8. The Balaban J connectivity index is 1.36. The number of ether oxygens (including phenoxy) is 1. The van der Waals surface area contributed by atoms with Gasteiger partial charge in [-0.25, -0.2) is 4.98 Å². The summed E-state index contributed by atoms with van der Waals surface area (Å²) in [5.74, 6) is 1.65. The summed E-state index contributed by atoms with van der Waals surface area (Å²) in [6, 6.07) is 11.0. The third kappa shape index (κ3) is 4.54. The minimum absolute atomic E-state index is 0.644. The highest BCUT2D eigenvalue weighted by atomic mass is 16.5. The molecule has 3 heterocycles. The van der Waals surface area contributed by atoms with Gasteiger partial charge in [0.25, 0.3) is 0 Å². The summed E-state index contributed by atoms with van der Waals surface area (Å²) in [6.45, 7) is 5.96. The van der Waals surface area contributed by atoms with Crippen LogP contribution in [0, 0.1) is 0 Å². The minimum atomic E-state index is 0.644. The van der Waals surface area contributed by atoms with Crippen molar-refractivity contribution in [3.8, 4) is 0 Å². The fourth-order valence-corrected chi connectivity index (χ4v) is 3.96. The van der Waals surface area contributed by atoms with E-state index < -0.39 is 0 Å². The van der Waals surface area contributed by atoms with Gasteiger partial charge in [0, 0.05) is 63.9 Å². The standard InChI is InChI=1S/C21H30N6O/c1-25(2)18-5-3-17(4-6-18)23-21-22-10-7-20(24-21)27-11-8-19(9-12-27)26-13-15-28-16-14-26/h3-7,10,19H,8-9,11-16H2,1-2H3,(H,22,23,24). The van der Waals surface area contributed by atoms with Gasteiger partial charge in [-0.3, -0.25) is 4.90 Å². The van der Waals surface area contributed by atoms with Gasteiger partial charge in [0.1, 0.15) is 5.82 Å². The van der Waals surface area contributed by atoms with Crippen LogP contribution < -0.4 is 15.1 Å². The molecule has 0 unspecified atom stereocenters. The molecule has 150 valence electrons. The van der Waals surface area contributed by atoms with Gasteiger partial charge in [-0.1, -0.05) is 0 Å². The first kappa shape index (κ1) is 19.0. The summed E-state index contributed by atoms with van der Waals surface area (Å²) in [5, 5.41) is 3.32. The van der Waals surface area contributed by atoms with Crippen LogP contribution in [0.1, 0.15) is 12.8 Å². The van der Waals surface area contributed by atoms with Crippen molar-refractivity contribution in [2.45, 2.75) is 18.9 Å². The zero-order valence-electron chi connectivity index (χ0n) is 16.8. The predicted octanol–water partition coefficient (Wildman–Crippen LogP) is 2.59. The first-order chi connectivity index (χ1) is 13.7. The molecule has 0 aliphatic carbocycles. The molecule has 0 saturated carbocycles. The Kier molecular flexibility index (Phi) is 5.92. The lowest BCUT2D eigenvalue weighted by molar-refractivity contribution is 0.0115. The van der Waals surface area contributed by atoms with E-state index in [4.69, 9.17) is 9.72 Å². The molecule has 7 heteroatoms. The summed E-state index contributed by atoms with van der Waals surface area (Å²) in [6.07, 6.45) is 4.20. The highest BCUT2D eigenvalue weighted by Crippen LogP contribution is 2.23. The average molecular weight is 383 g/mol. The van der Waals surface area contributed by atoms with E-state index in [9.17, 15) is 0 Å². The smallest absolute Gasteiger partial charge is 0.229 e. The second-order valence-corrected chi connectivity index (χ2v) is 7.67. The van der Waals surface area contributed by atoms with E-state index in [1.54, 1.807) is 0 Å². The van der Waals surface area contributed by atoms with Crippen molar-refractivity contribution in [2.24, 2.45) is 0 Å².